The quantitative estimate of drug-likeness (QED) is 0.756. The van der Waals surface area contributed by atoms with Crippen LogP contribution >= 0.6 is 23.2 Å². The van der Waals surface area contributed by atoms with Gasteiger partial charge in [-0.1, -0.05) is 34.9 Å². The highest BCUT2D eigenvalue weighted by atomic mass is 35.5. The van der Waals surface area contributed by atoms with Gasteiger partial charge in [0.2, 0.25) is 15.9 Å². The Hall–Kier alpha value is -1.24. The number of carbonyl (C=O) groups excluding carboxylic acids is 1. The van der Waals surface area contributed by atoms with Crippen LogP contribution in [0, 0.1) is 0 Å². The van der Waals surface area contributed by atoms with E-state index in [1.54, 1.807) is 0 Å². The van der Waals surface area contributed by atoms with Gasteiger partial charge in [-0.3, -0.25) is 9.10 Å². The normalized spacial score (nSPS) is 14.9. The zero-order valence-electron chi connectivity index (χ0n) is 13.4. The second-order valence-corrected chi connectivity index (χ2v) is 8.47. The van der Waals surface area contributed by atoms with E-state index in [2.05, 4.69) is 11.4 Å². The Balaban J connectivity index is 2.07. The number of halogens is 2. The van der Waals surface area contributed by atoms with E-state index in [4.69, 9.17) is 23.2 Å². The molecule has 1 N–H and O–H groups in total. The van der Waals surface area contributed by atoms with Crippen molar-refractivity contribution in [3.05, 3.63) is 39.9 Å². The Labute approximate surface area is 152 Å². The lowest BCUT2D eigenvalue weighted by molar-refractivity contribution is -0.119. The van der Waals surface area contributed by atoms with Gasteiger partial charge in [0.05, 0.1) is 22.0 Å². The summed E-state index contributed by atoms with van der Waals surface area (Å²) in [6.07, 6.45) is 7.49. The van der Waals surface area contributed by atoms with Gasteiger partial charge in [-0.15, -0.1) is 0 Å². The zero-order valence-corrected chi connectivity index (χ0v) is 15.7. The van der Waals surface area contributed by atoms with E-state index < -0.39 is 10.0 Å². The number of benzene rings is 1. The van der Waals surface area contributed by atoms with Gasteiger partial charge in [0.15, 0.2) is 0 Å². The minimum absolute atomic E-state index is 0.232. The predicted octanol–water partition coefficient (Wildman–Crippen LogP) is 3.38. The number of hydrogen-bond donors (Lipinski definition) is 1. The first kappa shape index (κ1) is 19.1. The van der Waals surface area contributed by atoms with E-state index in [1.165, 1.54) is 30.2 Å². The minimum atomic E-state index is -3.63. The third-order valence-corrected chi connectivity index (χ3v) is 5.66. The fraction of sp³-hybridized carbons (Fsp3) is 0.438. The highest BCUT2D eigenvalue weighted by molar-refractivity contribution is 7.92. The number of anilines is 1. The second kappa shape index (κ2) is 8.23. The minimum Gasteiger partial charge on any atom is -0.351 e. The van der Waals surface area contributed by atoms with Crippen molar-refractivity contribution in [2.24, 2.45) is 0 Å². The molecule has 0 spiro atoms. The number of nitrogens with zero attached hydrogens (tertiary/aromatic N) is 1. The van der Waals surface area contributed by atoms with Crippen LogP contribution in [0.4, 0.5) is 5.69 Å². The molecule has 0 aromatic heterocycles. The Bertz CT molecular complexity index is 748. The molecular formula is C16H20Cl2N2O3S. The molecule has 0 radical (unpaired) electrons. The summed E-state index contributed by atoms with van der Waals surface area (Å²) in [5.74, 6) is -0.363. The van der Waals surface area contributed by atoms with Crippen molar-refractivity contribution >= 4 is 44.8 Å². The molecule has 1 aliphatic carbocycles. The van der Waals surface area contributed by atoms with Crippen molar-refractivity contribution in [2.75, 3.05) is 23.7 Å². The zero-order chi connectivity index (χ0) is 17.7. The highest BCUT2D eigenvalue weighted by Gasteiger charge is 2.21. The summed E-state index contributed by atoms with van der Waals surface area (Å²) in [5.41, 5.74) is 1.49. The maximum atomic E-state index is 12.2. The molecule has 0 saturated heterocycles. The summed E-state index contributed by atoms with van der Waals surface area (Å²) in [5, 5.41) is 3.33. The maximum absolute atomic E-state index is 12.2. The van der Waals surface area contributed by atoms with Crippen LogP contribution in [0.25, 0.3) is 0 Å². The van der Waals surface area contributed by atoms with Gasteiger partial charge in [0, 0.05) is 6.54 Å². The van der Waals surface area contributed by atoms with Crippen molar-refractivity contribution in [1.82, 2.24) is 5.32 Å². The van der Waals surface area contributed by atoms with Crippen LogP contribution in [-0.2, 0) is 14.8 Å². The van der Waals surface area contributed by atoms with E-state index in [0.717, 1.165) is 29.8 Å². The molecule has 0 bridgehead atoms. The first-order chi connectivity index (χ1) is 11.3. The molecule has 1 aromatic carbocycles. The van der Waals surface area contributed by atoms with Crippen molar-refractivity contribution in [1.29, 1.82) is 0 Å². The number of amides is 1. The van der Waals surface area contributed by atoms with Crippen LogP contribution in [0.15, 0.2) is 29.8 Å². The van der Waals surface area contributed by atoms with E-state index in [-0.39, 0.29) is 17.5 Å². The first-order valence-electron chi connectivity index (χ1n) is 7.65. The molecule has 24 heavy (non-hydrogen) atoms. The van der Waals surface area contributed by atoms with E-state index in [9.17, 15) is 13.2 Å². The monoisotopic (exact) mass is 390 g/mol. The largest absolute Gasteiger partial charge is 0.351 e. The predicted molar refractivity (Wildman–Crippen MR) is 98.2 cm³/mol. The van der Waals surface area contributed by atoms with E-state index in [0.29, 0.717) is 17.3 Å². The molecule has 0 atom stereocenters. The SMILES string of the molecule is CS(=O)(=O)N(CC(=O)NCC1=CCCCC1)c1ccc(Cl)c(Cl)c1. The summed E-state index contributed by atoms with van der Waals surface area (Å²) in [6.45, 7) is 0.155. The molecule has 0 fully saturated rings. The molecule has 0 aliphatic heterocycles. The number of hydrogen-bond acceptors (Lipinski definition) is 3. The van der Waals surface area contributed by atoms with Gasteiger partial charge < -0.3 is 5.32 Å². The van der Waals surface area contributed by atoms with Crippen LogP contribution in [0.5, 0.6) is 0 Å². The Morgan fingerprint density at radius 2 is 2.00 bits per heavy atom. The Morgan fingerprint density at radius 1 is 1.25 bits per heavy atom. The smallest absolute Gasteiger partial charge is 0.241 e. The molecule has 1 aromatic rings. The number of sulfonamides is 1. The standard InChI is InChI=1S/C16H20Cl2N2O3S/c1-24(22,23)20(13-7-8-14(17)15(18)9-13)11-16(21)19-10-12-5-3-2-4-6-12/h5,7-9H,2-4,6,10-11H2,1H3,(H,19,21). The van der Waals surface area contributed by atoms with Crippen molar-refractivity contribution in [2.45, 2.75) is 25.7 Å². The average molecular weight is 391 g/mol. The molecule has 0 heterocycles. The molecule has 2 rings (SSSR count). The Morgan fingerprint density at radius 3 is 2.58 bits per heavy atom. The molecule has 0 unspecified atom stereocenters. The lowest BCUT2D eigenvalue weighted by Gasteiger charge is -2.22. The molecule has 5 nitrogen and oxygen atoms in total. The van der Waals surface area contributed by atoms with Crippen LogP contribution in [0.2, 0.25) is 10.0 Å². The van der Waals surface area contributed by atoms with Crippen molar-refractivity contribution in [3.8, 4) is 0 Å². The number of rotatable bonds is 6. The van der Waals surface area contributed by atoms with Gasteiger partial charge in [-0.2, -0.15) is 0 Å². The van der Waals surface area contributed by atoms with Gasteiger partial charge in [-0.25, -0.2) is 8.42 Å². The number of carbonyl (C=O) groups is 1. The lowest BCUT2D eigenvalue weighted by atomic mass is 10.00. The molecule has 8 heteroatoms. The fourth-order valence-electron chi connectivity index (χ4n) is 2.50. The first-order valence-corrected chi connectivity index (χ1v) is 10.2. The molecule has 1 amide bonds. The summed E-state index contributed by atoms with van der Waals surface area (Å²) < 4.78 is 25.1. The third-order valence-electron chi connectivity index (χ3n) is 3.78. The summed E-state index contributed by atoms with van der Waals surface area (Å²) in [6, 6.07) is 4.45. The fourth-order valence-corrected chi connectivity index (χ4v) is 3.64. The number of nitrogens with one attached hydrogen (secondary N) is 1. The third kappa shape index (κ3) is 5.40. The van der Waals surface area contributed by atoms with Crippen LogP contribution < -0.4 is 9.62 Å². The molecular weight excluding hydrogens is 371 g/mol. The van der Waals surface area contributed by atoms with Crippen LogP contribution in [0.3, 0.4) is 0 Å². The topological polar surface area (TPSA) is 66.5 Å². The number of allylic oxidation sites excluding steroid dienone is 1. The lowest BCUT2D eigenvalue weighted by Crippen LogP contribution is -2.41. The van der Waals surface area contributed by atoms with Crippen molar-refractivity contribution in [3.63, 3.8) is 0 Å². The van der Waals surface area contributed by atoms with Gasteiger partial charge in [0.25, 0.3) is 0 Å². The van der Waals surface area contributed by atoms with Crippen molar-refractivity contribution < 1.29 is 13.2 Å². The average Bonchev–Trinajstić information content (AvgIpc) is 2.53. The maximum Gasteiger partial charge on any atom is 0.241 e. The molecule has 132 valence electrons. The van der Waals surface area contributed by atoms with E-state index >= 15 is 0 Å². The summed E-state index contributed by atoms with van der Waals surface area (Å²) in [4.78, 5) is 12.2. The second-order valence-electron chi connectivity index (χ2n) is 5.75. The Kier molecular flexibility index (Phi) is 6.54. The van der Waals surface area contributed by atoms with Crippen LogP contribution in [-0.4, -0.2) is 33.7 Å². The van der Waals surface area contributed by atoms with E-state index in [1.807, 2.05) is 0 Å². The molecule has 1 aliphatic rings. The van der Waals surface area contributed by atoms with Gasteiger partial charge in [-0.05, 0) is 43.9 Å². The van der Waals surface area contributed by atoms with Gasteiger partial charge in [0.1, 0.15) is 6.54 Å². The van der Waals surface area contributed by atoms with Crippen LogP contribution in [0.1, 0.15) is 25.7 Å². The highest BCUT2D eigenvalue weighted by Crippen LogP contribution is 2.28. The molecule has 0 saturated carbocycles. The summed E-state index contributed by atoms with van der Waals surface area (Å²) in [7, 11) is -3.63. The van der Waals surface area contributed by atoms with Gasteiger partial charge >= 0.3 is 0 Å². The summed E-state index contributed by atoms with van der Waals surface area (Å²) >= 11 is 11.8.